The van der Waals surface area contributed by atoms with Crippen LogP contribution in [0.4, 0.5) is 4.79 Å². The Morgan fingerprint density at radius 3 is 3.00 bits per heavy atom. The van der Waals surface area contributed by atoms with Crippen molar-refractivity contribution in [2.24, 2.45) is 0 Å². The second kappa shape index (κ2) is 7.42. The molecule has 2 rings (SSSR count). The van der Waals surface area contributed by atoms with Crippen LogP contribution in [0.25, 0.3) is 0 Å². The van der Waals surface area contributed by atoms with E-state index < -0.39 is 5.60 Å². The van der Waals surface area contributed by atoms with Crippen molar-refractivity contribution in [3.63, 3.8) is 0 Å². The van der Waals surface area contributed by atoms with E-state index in [1.165, 1.54) is 0 Å². The highest BCUT2D eigenvalue weighted by Crippen LogP contribution is 2.24. The fraction of sp³-hybridized carbons (Fsp3) is 0.750. The number of likely N-dealkylation sites (tertiary alicyclic amines) is 1. The zero-order chi connectivity index (χ0) is 16.2. The van der Waals surface area contributed by atoms with Gasteiger partial charge in [-0.15, -0.1) is 11.3 Å². The van der Waals surface area contributed by atoms with Gasteiger partial charge in [-0.2, -0.15) is 0 Å². The second-order valence-electron chi connectivity index (χ2n) is 6.91. The molecule has 1 N–H and O–H groups in total. The lowest BCUT2D eigenvalue weighted by molar-refractivity contribution is 0.0214. The van der Waals surface area contributed by atoms with E-state index in [9.17, 15) is 4.79 Å². The molecule has 124 valence electrons. The summed E-state index contributed by atoms with van der Waals surface area (Å²) < 4.78 is 5.51. The summed E-state index contributed by atoms with van der Waals surface area (Å²) >= 11 is 1.66. The maximum atomic E-state index is 12.3. The van der Waals surface area contributed by atoms with Crippen LogP contribution in [0.2, 0.25) is 0 Å². The van der Waals surface area contributed by atoms with Gasteiger partial charge in [-0.25, -0.2) is 9.78 Å². The highest BCUT2D eigenvalue weighted by molar-refractivity contribution is 7.09. The molecular formula is C16H27N3O2S. The van der Waals surface area contributed by atoms with Gasteiger partial charge >= 0.3 is 6.09 Å². The van der Waals surface area contributed by atoms with E-state index in [1.54, 1.807) is 11.3 Å². The molecule has 0 aromatic carbocycles. The summed E-state index contributed by atoms with van der Waals surface area (Å²) in [4.78, 5) is 18.4. The number of ether oxygens (including phenoxy) is 1. The lowest BCUT2D eigenvalue weighted by Gasteiger charge is -2.30. The van der Waals surface area contributed by atoms with Gasteiger partial charge in [0, 0.05) is 36.8 Å². The predicted molar refractivity (Wildman–Crippen MR) is 89.0 cm³/mol. The molecule has 0 saturated carbocycles. The van der Waals surface area contributed by atoms with Gasteiger partial charge in [-0.3, -0.25) is 0 Å². The third kappa shape index (κ3) is 5.25. The van der Waals surface area contributed by atoms with Gasteiger partial charge in [0.1, 0.15) is 10.6 Å². The Morgan fingerprint density at radius 2 is 2.36 bits per heavy atom. The van der Waals surface area contributed by atoms with Crippen molar-refractivity contribution in [2.45, 2.75) is 71.2 Å². The number of amides is 1. The highest BCUT2D eigenvalue weighted by atomic mass is 32.1. The summed E-state index contributed by atoms with van der Waals surface area (Å²) in [5, 5.41) is 6.58. The van der Waals surface area contributed by atoms with Crippen LogP contribution in [-0.4, -0.2) is 40.2 Å². The number of nitrogens with one attached hydrogen (secondary N) is 1. The van der Waals surface area contributed by atoms with Crippen molar-refractivity contribution in [1.29, 1.82) is 0 Å². The van der Waals surface area contributed by atoms with Gasteiger partial charge in [0.25, 0.3) is 0 Å². The van der Waals surface area contributed by atoms with Gasteiger partial charge in [0.15, 0.2) is 0 Å². The minimum Gasteiger partial charge on any atom is -0.444 e. The number of nitrogens with zero attached hydrogens (tertiary/aromatic N) is 2. The van der Waals surface area contributed by atoms with Gasteiger partial charge in [0.2, 0.25) is 0 Å². The van der Waals surface area contributed by atoms with Crippen LogP contribution in [0.1, 0.15) is 52.0 Å². The first-order valence-electron chi connectivity index (χ1n) is 7.96. The summed E-state index contributed by atoms with van der Waals surface area (Å²) in [6, 6.07) is 0.616. The summed E-state index contributed by atoms with van der Waals surface area (Å²) in [5.41, 5.74) is -0.432. The Morgan fingerprint density at radius 1 is 1.59 bits per heavy atom. The van der Waals surface area contributed by atoms with Crippen molar-refractivity contribution < 1.29 is 9.53 Å². The molecule has 0 bridgehead atoms. The van der Waals surface area contributed by atoms with Gasteiger partial charge in [-0.05, 0) is 47.0 Å². The minimum absolute atomic E-state index is 0.179. The predicted octanol–water partition coefficient (Wildman–Crippen LogP) is 3.41. The van der Waals surface area contributed by atoms with E-state index in [1.807, 2.05) is 37.2 Å². The molecular weight excluding hydrogens is 298 g/mol. The normalized spacial score (nSPS) is 20.2. The molecule has 1 fully saturated rings. The molecule has 2 heterocycles. The average molecular weight is 325 g/mol. The summed E-state index contributed by atoms with van der Waals surface area (Å²) in [5.74, 6) is 0. The number of hydrogen-bond donors (Lipinski definition) is 1. The highest BCUT2D eigenvalue weighted by Gasteiger charge is 2.32. The quantitative estimate of drug-likeness (QED) is 0.901. The Bertz CT molecular complexity index is 470. The summed E-state index contributed by atoms with van der Waals surface area (Å²) in [6.45, 7) is 9.49. The molecule has 6 heteroatoms. The largest absolute Gasteiger partial charge is 0.444 e. The lowest BCUT2D eigenvalue weighted by atomic mass is 10.1. The topological polar surface area (TPSA) is 54.5 Å². The minimum atomic E-state index is -0.432. The molecule has 1 amide bonds. The van der Waals surface area contributed by atoms with Crippen LogP contribution in [0.3, 0.4) is 0 Å². The second-order valence-corrected chi connectivity index (χ2v) is 7.89. The van der Waals surface area contributed by atoms with Gasteiger partial charge in [-0.1, -0.05) is 0 Å². The first-order valence-corrected chi connectivity index (χ1v) is 8.84. The molecule has 2 unspecified atom stereocenters. The van der Waals surface area contributed by atoms with Crippen LogP contribution in [0.15, 0.2) is 11.6 Å². The van der Waals surface area contributed by atoms with Crippen molar-refractivity contribution in [3.8, 4) is 0 Å². The molecule has 1 aromatic rings. The van der Waals surface area contributed by atoms with Gasteiger partial charge < -0.3 is 15.0 Å². The van der Waals surface area contributed by atoms with Crippen LogP contribution in [0.5, 0.6) is 0 Å². The first kappa shape index (κ1) is 17.2. The third-order valence-electron chi connectivity index (χ3n) is 3.72. The van der Waals surface area contributed by atoms with E-state index in [-0.39, 0.29) is 12.1 Å². The molecule has 1 aliphatic rings. The van der Waals surface area contributed by atoms with E-state index in [0.717, 1.165) is 37.4 Å². The first-order chi connectivity index (χ1) is 10.3. The number of carbonyl (C=O) groups is 1. The van der Waals surface area contributed by atoms with Crippen LogP contribution in [-0.2, 0) is 11.3 Å². The lowest BCUT2D eigenvalue weighted by Crippen LogP contribution is -2.42. The maximum Gasteiger partial charge on any atom is 0.410 e. The van der Waals surface area contributed by atoms with Crippen LogP contribution in [0, 0.1) is 0 Å². The van der Waals surface area contributed by atoms with Gasteiger partial charge in [0.05, 0.1) is 0 Å². The Kier molecular flexibility index (Phi) is 5.81. The molecule has 1 aliphatic heterocycles. The van der Waals surface area contributed by atoms with E-state index in [2.05, 4.69) is 17.2 Å². The monoisotopic (exact) mass is 325 g/mol. The van der Waals surface area contributed by atoms with Crippen LogP contribution >= 0.6 is 11.3 Å². The SMILES string of the molecule is CC(CC1CCCN1C(=O)OC(C)(C)C)NCc1nccs1. The van der Waals surface area contributed by atoms with Crippen molar-refractivity contribution in [1.82, 2.24) is 15.2 Å². The number of aromatic nitrogens is 1. The molecule has 0 spiro atoms. The zero-order valence-corrected chi connectivity index (χ0v) is 14.8. The fourth-order valence-corrected chi connectivity index (χ4v) is 3.30. The van der Waals surface area contributed by atoms with Crippen molar-refractivity contribution >= 4 is 17.4 Å². The number of thiazole rings is 1. The van der Waals surface area contributed by atoms with Crippen molar-refractivity contribution in [2.75, 3.05) is 6.54 Å². The molecule has 22 heavy (non-hydrogen) atoms. The number of hydrogen-bond acceptors (Lipinski definition) is 5. The molecule has 1 aromatic heterocycles. The third-order valence-corrected chi connectivity index (χ3v) is 4.50. The summed E-state index contributed by atoms with van der Waals surface area (Å²) in [7, 11) is 0. The number of carbonyl (C=O) groups excluding carboxylic acids is 1. The van der Waals surface area contributed by atoms with E-state index >= 15 is 0 Å². The molecule has 2 atom stereocenters. The Balaban J connectivity index is 1.81. The fourth-order valence-electron chi connectivity index (χ4n) is 2.73. The average Bonchev–Trinajstić information content (AvgIpc) is 3.05. The maximum absolute atomic E-state index is 12.3. The molecule has 0 radical (unpaired) electrons. The smallest absolute Gasteiger partial charge is 0.410 e. The van der Waals surface area contributed by atoms with Crippen molar-refractivity contribution in [3.05, 3.63) is 16.6 Å². The standard InChI is InChI=1S/C16H27N3O2S/c1-12(18-11-14-17-7-9-22-14)10-13-6-5-8-19(13)15(20)21-16(2,3)4/h7,9,12-13,18H,5-6,8,10-11H2,1-4H3. The van der Waals surface area contributed by atoms with E-state index in [0.29, 0.717) is 6.04 Å². The Labute approximate surface area is 137 Å². The molecule has 5 nitrogen and oxygen atoms in total. The zero-order valence-electron chi connectivity index (χ0n) is 14.0. The molecule has 0 aliphatic carbocycles. The van der Waals surface area contributed by atoms with Crippen LogP contribution < -0.4 is 5.32 Å². The number of rotatable bonds is 5. The summed E-state index contributed by atoms with van der Waals surface area (Å²) in [6.07, 6.45) is 4.71. The molecule has 1 saturated heterocycles. The van der Waals surface area contributed by atoms with E-state index in [4.69, 9.17) is 4.74 Å². The Hall–Kier alpha value is -1.14.